The van der Waals surface area contributed by atoms with E-state index in [0.717, 1.165) is 30.3 Å². The summed E-state index contributed by atoms with van der Waals surface area (Å²) in [5.74, 6) is 0.313. The minimum atomic E-state index is -0.202. The third-order valence-electron chi connectivity index (χ3n) is 4.32. The Labute approximate surface area is 168 Å². The van der Waals surface area contributed by atoms with Crippen LogP contribution in [0.4, 0.5) is 4.39 Å². The lowest BCUT2D eigenvalue weighted by molar-refractivity contribution is -0.127. The Morgan fingerprint density at radius 3 is 2.89 bits per heavy atom. The number of aryl methyl sites for hydroxylation is 1. The van der Waals surface area contributed by atoms with Crippen LogP contribution in [0, 0.1) is 5.82 Å². The molecule has 2 N–H and O–H groups in total. The first-order valence-electron chi connectivity index (χ1n) is 9.23. The summed E-state index contributed by atoms with van der Waals surface area (Å²) in [6.07, 6.45) is 3.66. The van der Waals surface area contributed by atoms with Gasteiger partial charge in [0.05, 0.1) is 6.10 Å². The minimum Gasteiger partial charge on any atom is -0.376 e. The van der Waals surface area contributed by atoms with Crippen molar-refractivity contribution in [2.75, 3.05) is 40.3 Å². The first-order chi connectivity index (χ1) is 13.0. The van der Waals surface area contributed by atoms with Crippen LogP contribution in [0.25, 0.3) is 0 Å². The number of amides is 1. The van der Waals surface area contributed by atoms with Crippen LogP contribution in [0.3, 0.4) is 0 Å². The average Bonchev–Trinajstić information content (AvgIpc) is 3.14. The fourth-order valence-corrected chi connectivity index (χ4v) is 3.02. The van der Waals surface area contributed by atoms with Crippen molar-refractivity contribution in [1.82, 2.24) is 15.5 Å². The van der Waals surface area contributed by atoms with Crippen molar-refractivity contribution in [3.63, 3.8) is 0 Å². The second-order valence-electron chi connectivity index (χ2n) is 6.73. The molecule has 1 unspecified atom stereocenters. The number of hydrogen-bond acceptors (Lipinski definition) is 3. The van der Waals surface area contributed by atoms with Crippen LogP contribution < -0.4 is 10.6 Å². The molecule has 0 bridgehead atoms. The highest BCUT2D eigenvalue weighted by Gasteiger charge is 2.15. The molecule has 1 heterocycles. The van der Waals surface area contributed by atoms with Gasteiger partial charge < -0.3 is 20.3 Å². The van der Waals surface area contributed by atoms with Crippen LogP contribution in [0.1, 0.15) is 24.8 Å². The number of guanidine groups is 1. The summed E-state index contributed by atoms with van der Waals surface area (Å²) in [7, 11) is 3.41. The van der Waals surface area contributed by atoms with Gasteiger partial charge in [0.2, 0.25) is 5.91 Å². The van der Waals surface area contributed by atoms with Gasteiger partial charge in [0, 0.05) is 38.3 Å². The second-order valence-corrected chi connectivity index (χ2v) is 7.65. The number of nitrogens with zero attached hydrogens (tertiary/aromatic N) is 2. The quantitative estimate of drug-likeness (QED) is 0.368. The van der Waals surface area contributed by atoms with Crippen LogP contribution in [0.15, 0.2) is 27.7 Å². The van der Waals surface area contributed by atoms with Gasteiger partial charge in [-0.1, -0.05) is 22.0 Å². The summed E-state index contributed by atoms with van der Waals surface area (Å²) in [6.45, 7) is 2.16. The molecule has 2 rings (SSSR count). The van der Waals surface area contributed by atoms with Gasteiger partial charge in [0.15, 0.2) is 5.96 Å². The number of ether oxygens (including phenoxy) is 1. The van der Waals surface area contributed by atoms with Gasteiger partial charge in [-0.05, 0) is 43.4 Å². The molecular formula is C19H28BrFN4O2. The van der Waals surface area contributed by atoms with Gasteiger partial charge in [-0.3, -0.25) is 4.79 Å². The zero-order chi connectivity index (χ0) is 19.6. The first kappa shape index (κ1) is 21.6. The molecule has 1 aliphatic heterocycles. The van der Waals surface area contributed by atoms with Gasteiger partial charge in [-0.2, -0.15) is 0 Å². The molecule has 8 heteroatoms. The largest absolute Gasteiger partial charge is 0.376 e. The highest BCUT2D eigenvalue weighted by atomic mass is 79.9. The van der Waals surface area contributed by atoms with Crippen LogP contribution >= 0.6 is 15.9 Å². The minimum absolute atomic E-state index is 0.0647. The molecule has 0 aromatic heterocycles. The highest BCUT2D eigenvalue weighted by Crippen LogP contribution is 2.16. The Bertz CT molecular complexity index is 649. The number of carbonyl (C=O) groups is 1. The van der Waals surface area contributed by atoms with E-state index in [0.29, 0.717) is 31.0 Å². The van der Waals surface area contributed by atoms with Crippen molar-refractivity contribution in [3.8, 4) is 0 Å². The predicted molar refractivity (Wildman–Crippen MR) is 108 cm³/mol. The van der Waals surface area contributed by atoms with Crippen molar-refractivity contribution in [3.05, 3.63) is 34.1 Å². The van der Waals surface area contributed by atoms with E-state index < -0.39 is 0 Å². The Balaban J connectivity index is 1.82. The Hall–Kier alpha value is -1.67. The van der Waals surface area contributed by atoms with E-state index in [9.17, 15) is 9.18 Å². The van der Waals surface area contributed by atoms with Gasteiger partial charge in [0.25, 0.3) is 0 Å². The number of aliphatic imine (C=N–C) groups is 1. The SMILES string of the molecule is CN(C)C(=O)CN=C(NCCCc1ccc(Br)cc1F)NCC1CCCO1. The normalized spacial score (nSPS) is 17.0. The lowest BCUT2D eigenvalue weighted by atomic mass is 10.1. The maximum Gasteiger partial charge on any atom is 0.243 e. The van der Waals surface area contributed by atoms with Crippen LogP contribution in [0.5, 0.6) is 0 Å². The summed E-state index contributed by atoms with van der Waals surface area (Å²) in [6, 6.07) is 5.11. The summed E-state index contributed by atoms with van der Waals surface area (Å²) in [5.41, 5.74) is 0.689. The lowest BCUT2D eigenvalue weighted by Gasteiger charge is -2.16. The fourth-order valence-electron chi connectivity index (χ4n) is 2.69. The Morgan fingerprint density at radius 2 is 2.22 bits per heavy atom. The molecule has 1 atom stereocenters. The molecule has 0 saturated carbocycles. The average molecular weight is 443 g/mol. The molecule has 1 aromatic carbocycles. The van der Waals surface area contributed by atoms with Gasteiger partial charge in [-0.15, -0.1) is 0 Å². The first-order valence-corrected chi connectivity index (χ1v) is 10.0. The van der Waals surface area contributed by atoms with E-state index in [1.54, 1.807) is 20.2 Å². The Morgan fingerprint density at radius 1 is 1.41 bits per heavy atom. The molecule has 150 valence electrons. The smallest absolute Gasteiger partial charge is 0.243 e. The summed E-state index contributed by atoms with van der Waals surface area (Å²) < 4.78 is 20.2. The van der Waals surface area contributed by atoms with Crippen LogP contribution in [0.2, 0.25) is 0 Å². The van der Waals surface area contributed by atoms with Crippen LogP contribution in [-0.2, 0) is 16.0 Å². The Kier molecular flexibility index (Phi) is 9.00. The molecule has 1 fully saturated rings. The summed E-state index contributed by atoms with van der Waals surface area (Å²) in [5, 5.41) is 6.46. The van der Waals surface area contributed by atoms with Crippen molar-refractivity contribution >= 4 is 27.8 Å². The van der Waals surface area contributed by atoms with E-state index in [4.69, 9.17) is 4.74 Å². The fraction of sp³-hybridized carbons (Fsp3) is 0.579. The molecule has 0 radical (unpaired) electrons. The number of hydrogen-bond donors (Lipinski definition) is 2. The number of likely N-dealkylation sites (N-methyl/N-ethyl adjacent to an activating group) is 1. The second kappa shape index (κ2) is 11.2. The van der Waals surface area contributed by atoms with E-state index in [-0.39, 0.29) is 24.4 Å². The van der Waals surface area contributed by atoms with Crippen molar-refractivity contribution < 1.29 is 13.9 Å². The lowest BCUT2D eigenvalue weighted by Crippen LogP contribution is -2.42. The maximum atomic E-state index is 13.9. The zero-order valence-corrected chi connectivity index (χ0v) is 17.5. The molecule has 1 saturated heterocycles. The number of nitrogens with one attached hydrogen (secondary N) is 2. The molecule has 1 aromatic rings. The molecule has 0 aliphatic carbocycles. The van der Waals surface area contributed by atoms with E-state index in [1.807, 2.05) is 6.07 Å². The van der Waals surface area contributed by atoms with Crippen molar-refractivity contribution in [2.45, 2.75) is 31.8 Å². The van der Waals surface area contributed by atoms with Crippen LogP contribution in [-0.4, -0.2) is 63.2 Å². The predicted octanol–water partition coefficient (Wildman–Crippen LogP) is 2.32. The highest BCUT2D eigenvalue weighted by molar-refractivity contribution is 9.10. The summed E-state index contributed by atoms with van der Waals surface area (Å²) in [4.78, 5) is 17.6. The van der Waals surface area contributed by atoms with E-state index in [1.165, 1.54) is 11.0 Å². The topological polar surface area (TPSA) is 66.0 Å². The molecule has 27 heavy (non-hydrogen) atoms. The molecule has 6 nitrogen and oxygen atoms in total. The monoisotopic (exact) mass is 442 g/mol. The molecule has 0 spiro atoms. The third kappa shape index (κ3) is 7.84. The molecular weight excluding hydrogens is 415 g/mol. The number of benzene rings is 1. The van der Waals surface area contributed by atoms with Gasteiger partial charge in [0.1, 0.15) is 12.4 Å². The number of rotatable bonds is 8. The number of halogens is 2. The van der Waals surface area contributed by atoms with Crippen molar-refractivity contribution in [1.29, 1.82) is 0 Å². The van der Waals surface area contributed by atoms with Crippen molar-refractivity contribution in [2.24, 2.45) is 4.99 Å². The standard InChI is InChI=1S/C19H28BrFN4O2/c1-25(2)18(26)13-24-19(23-12-16-6-4-10-27-16)22-9-3-5-14-7-8-15(20)11-17(14)21/h7-8,11,16H,3-6,9-10,12-13H2,1-2H3,(H2,22,23,24). The summed E-state index contributed by atoms with van der Waals surface area (Å²) >= 11 is 3.26. The number of carbonyl (C=O) groups excluding carboxylic acids is 1. The third-order valence-corrected chi connectivity index (χ3v) is 4.82. The van der Waals surface area contributed by atoms with E-state index in [2.05, 4.69) is 31.6 Å². The zero-order valence-electron chi connectivity index (χ0n) is 15.9. The molecule has 1 amide bonds. The maximum absolute atomic E-state index is 13.9. The molecule has 1 aliphatic rings. The van der Waals surface area contributed by atoms with E-state index >= 15 is 0 Å². The van der Waals surface area contributed by atoms with Gasteiger partial charge in [-0.25, -0.2) is 9.38 Å². The van der Waals surface area contributed by atoms with Gasteiger partial charge >= 0.3 is 0 Å².